The van der Waals surface area contributed by atoms with Gasteiger partial charge in [-0.05, 0) is 6.08 Å². The van der Waals surface area contributed by atoms with Gasteiger partial charge in [0.15, 0.2) is 5.75 Å². The molecular formula is C12H11Cl4NO3. The molecule has 1 aromatic carbocycles. The van der Waals surface area contributed by atoms with Gasteiger partial charge in [0.25, 0.3) is 0 Å². The molecule has 0 saturated heterocycles. The number of hydrogen-bond acceptors (Lipinski definition) is 3. The van der Waals surface area contributed by atoms with Crippen LogP contribution in [0.2, 0.25) is 10.0 Å². The second-order valence-corrected chi connectivity index (χ2v) is 5.41. The molecule has 0 fully saturated rings. The predicted octanol–water partition coefficient (Wildman–Crippen LogP) is 3.95. The third-order valence-electron chi connectivity index (χ3n) is 2.05. The van der Waals surface area contributed by atoms with Crippen LogP contribution in [0.5, 0.6) is 11.5 Å². The first kappa shape index (κ1) is 17.2. The number of benzene rings is 1. The molecular weight excluding hydrogens is 348 g/mol. The minimum Gasteiger partial charge on any atom is -0.490 e. The number of ether oxygens (including phenoxy) is 2. The maximum absolute atomic E-state index is 10.6. The Morgan fingerprint density at radius 2 is 1.80 bits per heavy atom. The molecule has 0 heterocycles. The maximum atomic E-state index is 10.6. The number of hydrogen-bond donors (Lipinski definition) is 1. The van der Waals surface area contributed by atoms with Gasteiger partial charge in [0.1, 0.15) is 16.8 Å². The summed E-state index contributed by atoms with van der Waals surface area (Å²) >= 11 is 22.9. The van der Waals surface area contributed by atoms with Crippen LogP contribution in [-0.4, -0.2) is 19.1 Å². The lowest BCUT2D eigenvalue weighted by molar-refractivity contribution is -0.118. The summed E-state index contributed by atoms with van der Waals surface area (Å²) < 4.78 is 10.7. The second kappa shape index (κ2) is 8.47. The summed E-state index contributed by atoms with van der Waals surface area (Å²) in [5.41, 5.74) is 5.00. The van der Waals surface area contributed by atoms with Gasteiger partial charge in [-0.2, -0.15) is 0 Å². The van der Waals surface area contributed by atoms with E-state index in [2.05, 4.69) is 0 Å². The topological polar surface area (TPSA) is 61.6 Å². The van der Waals surface area contributed by atoms with E-state index in [1.165, 1.54) is 18.2 Å². The third kappa shape index (κ3) is 6.09. The zero-order valence-electron chi connectivity index (χ0n) is 10.2. The van der Waals surface area contributed by atoms with E-state index in [9.17, 15) is 4.79 Å². The van der Waals surface area contributed by atoms with Crippen molar-refractivity contribution in [3.8, 4) is 11.5 Å². The van der Waals surface area contributed by atoms with Gasteiger partial charge in [-0.1, -0.05) is 46.4 Å². The van der Waals surface area contributed by atoms with Crippen LogP contribution in [0.1, 0.15) is 6.42 Å². The molecule has 1 rings (SSSR count). The summed E-state index contributed by atoms with van der Waals surface area (Å²) in [7, 11) is 0. The van der Waals surface area contributed by atoms with E-state index in [0.717, 1.165) is 0 Å². The van der Waals surface area contributed by atoms with Crippen LogP contribution in [0.4, 0.5) is 0 Å². The van der Waals surface area contributed by atoms with Crippen molar-refractivity contribution >= 4 is 52.3 Å². The van der Waals surface area contributed by atoms with E-state index in [-0.39, 0.29) is 39.9 Å². The number of rotatable bonds is 7. The minimum atomic E-state index is -0.470. The Bertz CT molecular complexity index is 492. The zero-order valence-corrected chi connectivity index (χ0v) is 13.2. The van der Waals surface area contributed by atoms with Crippen molar-refractivity contribution in [1.29, 1.82) is 0 Å². The Hall–Kier alpha value is -0.810. The molecule has 0 aliphatic carbocycles. The lowest BCUT2D eigenvalue weighted by atomic mass is 10.3. The van der Waals surface area contributed by atoms with Gasteiger partial charge < -0.3 is 15.2 Å². The summed E-state index contributed by atoms with van der Waals surface area (Å²) in [5, 5.41) is 0.524. The molecule has 0 spiro atoms. The Morgan fingerprint density at radius 3 is 2.30 bits per heavy atom. The lowest BCUT2D eigenvalue weighted by Gasteiger charge is -2.11. The van der Waals surface area contributed by atoms with Crippen molar-refractivity contribution in [3.05, 3.63) is 32.7 Å². The SMILES string of the molecule is NC(=O)CCOc1c(Cl)cc(OCC=C(Cl)Cl)cc1Cl. The van der Waals surface area contributed by atoms with E-state index in [1.807, 2.05) is 0 Å². The predicted molar refractivity (Wildman–Crippen MR) is 81.1 cm³/mol. The van der Waals surface area contributed by atoms with Crippen LogP contribution in [0, 0.1) is 0 Å². The number of carbonyl (C=O) groups excluding carboxylic acids is 1. The van der Waals surface area contributed by atoms with Gasteiger partial charge in [-0.25, -0.2) is 0 Å². The second-order valence-electron chi connectivity index (χ2n) is 3.59. The highest BCUT2D eigenvalue weighted by Crippen LogP contribution is 2.37. The number of halogens is 4. The normalized spacial score (nSPS) is 10.0. The molecule has 0 aromatic heterocycles. The third-order valence-corrected chi connectivity index (χ3v) is 2.92. The lowest BCUT2D eigenvalue weighted by Crippen LogP contribution is -2.14. The van der Waals surface area contributed by atoms with Crippen molar-refractivity contribution in [3.63, 3.8) is 0 Å². The largest absolute Gasteiger partial charge is 0.490 e. The number of nitrogens with two attached hydrogens (primary N) is 1. The molecule has 0 saturated carbocycles. The van der Waals surface area contributed by atoms with Gasteiger partial charge in [-0.15, -0.1) is 0 Å². The molecule has 8 heteroatoms. The van der Waals surface area contributed by atoms with Crippen molar-refractivity contribution in [2.45, 2.75) is 6.42 Å². The molecule has 1 amide bonds. The summed E-state index contributed by atoms with van der Waals surface area (Å²) in [6.45, 7) is 0.274. The number of primary amides is 1. The van der Waals surface area contributed by atoms with Gasteiger partial charge in [0.05, 0.1) is 23.1 Å². The summed E-state index contributed by atoms with van der Waals surface area (Å²) in [4.78, 5) is 10.6. The van der Waals surface area contributed by atoms with Crippen LogP contribution in [0.3, 0.4) is 0 Å². The first-order valence-electron chi connectivity index (χ1n) is 5.44. The van der Waals surface area contributed by atoms with Crippen LogP contribution in [0.25, 0.3) is 0 Å². The standard InChI is InChI=1S/C12H11Cl4NO3/c13-8-5-7(19-3-1-10(15)16)6-9(14)12(8)20-4-2-11(17)18/h1,5-6H,2-4H2,(H2,17,18). The average Bonchev–Trinajstić information content (AvgIpc) is 2.32. The maximum Gasteiger partial charge on any atom is 0.220 e. The molecule has 1 aromatic rings. The average molecular weight is 359 g/mol. The van der Waals surface area contributed by atoms with Crippen molar-refractivity contribution in [2.24, 2.45) is 5.73 Å². The van der Waals surface area contributed by atoms with E-state index in [0.29, 0.717) is 5.75 Å². The molecule has 0 atom stereocenters. The van der Waals surface area contributed by atoms with Gasteiger partial charge >= 0.3 is 0 Å². The van der Waals surface area contributed by atoms with E-state index in [1.54, 1.807) is 0 Å². The molecule has 110 valence electrons. The van der Waals surface area contributed by atoms with Crippen LogP contribution in [0.15, 0.2) is 22.7 Å². The molecule has 0 bridgehead atoms. The minimum absolute atomic E-state index is 0.0733. The molecule has 0 unspecified atom stereocenters. The molecule has 20 heavy (non-hydrogen) atoms. The van der Waals surface area contributed by atoms with E-state index >= 15 is 0 Å². The smallest absolute Gasteiger partial charge is 0.220 e. The summed E-state index contributed by atoms with van der Waals surface area (Å²) in [6.07, 6.45) is 1.55. The monoisotopic (exact) mass is 357 g/mol. The van der Waals surface area contributed by atoms with E-state index < -0.39 is 5.91 Å². The van der Waals surface area contributed by atoms with Crippen molar-refractivity contribution in [2.75, 3.05) is 13.2 Å². The molecule has 0 radical (unpaired) electrons. The Labute approximate surface area is 136 Å². The Kier molecular flexibility index (Phi) is 7.30. The molecule has 4 nitrogen and oxygen atoms in total. The number of amides is 1. The summed E-state index contributed by atoms with van der Waals surface area (Å²) in [6, 6.07) is 3.06. The van der Waals surface area contributed by atoms with E-state index in [4.69, 9.17) is 61.6 Å². The molecule has 0 aliphatic heterocycles. The van der Waals surface area contributed by atoms with Crippen LogP contribution >= 0.6 is 46.4 Å². The summed E-state index contributed by atoms with van der Waals surface area (Å²) in [5.74, 6) is 0.239. The Morgan fingerprint density at radius 1 is 1.20 bits per heavy atom. The molecule has 0 aliphatic rings. The van der Waals surface area contributed by atoms with Crippen molar-refractivity contribution in [1.82, 2.24) is 0 Å². The Balaban J connectivity index is 2.70. The fourth-order valence-electron chi connectivity index (χ4n) is 1.21. The molecule has 2 N–H and O–H groups in total. The zero-order chi connectivity index (χ0) is 15.1. The first-order valence-corrected chi connectivity index (χ1v) is 6.95. The quantitative estimate of drug-likeness (QED) is 0.802. The highest BCUT2D eigenvalue weighted by Gasteiger charge is 2.11. The fourth-order valence-corrected chi connectivity index (χ4v) is 1.91. The van der Waals surface area contributed by atoms with Gasteiger partial charge in [0, 0.05) is 12.1 Å². The van der Waals surface area contributed by atoms with Gasteiger partial charge in [-0.3, -0.25) is 4.79 Å². The number of carbonyl (C=O) groups is 1. The highest BCUT2D eigenvalue weighted by atomic mass is 35.5. The van der Waals surface area contributed by atoms with Crippen LogP contribution < -0.4 is 15.2 Å². The van der Waals surface area contributed by atoms with Crippen molar-refractivity contribution < 1.29 is 14.3 Å². The highest BCUT2D eigenvalue weighted by molar-refractivity contribution is 6.55. The van der Waals surface area contributed by atoms with Gasteiger partial charge in [0.2, 0.25) is 5.91 Å². The first-order chi connectivity index (χ1) is 9.40. The van der Waals surface area contributed by atoms with Crippen LogP contribution in [-0.2, 0) is 4.79 Å². The fraction of sp³-hybridized carbons (Fsp3) is 0.250.